The van der Waals surface area contributed by atoms with Crippen LogP contribution in [0, 0.1) is 10.1 Å². The molecule has 1 unspecified atom stereocenters. The molecule has 1 atom stereocenters. The van der Waals surface area contributed by atoms with Crippen molar-refractivity contribution in [2.45, 2.75) is 12.5 Å². The molecule has 0 saturated carbocycles. The fourth-order valence-electron chi connectivity index (χ4n) is 3.24. The Morgan fingerprint density at radius 3 is 2.81 bits per heavy atom. The quantitative estimate of drug-likeness (QED) is 0.447. The number of halogens is 1. The predicted octanol–water partition coefficient (Wildman–Crippen LogP) is 5.16. The standard InChI is InChI=1S/C18H13ClN2O3S2/c19-13-4-3-11(10-14(13)21(23)24)18(22)20-7-5-15-12(6-9-26-15)17(20)16-2-1-8-25-16/h1-4,6,8-10,17H,5,7H2. The zero-order chi connectivity index (χ0) is 18.3. The van der Waals surface area contributed by atoms with Gasteiger partial charge in [-0.25, -0.2) is 0 Å². The van der Waals surface area contributed by atoms with Crippen LogP contribution in [0.25, 0.3) is 0 Å². The average molecular weight is 405 g/mol. The maximum absolute atomic E-state index is 13.2. The first-order chi connectivity index (χ1) is 12.6. The van der Waals surface area contributed by atoms with Gasteiger partial charge < -0.3 is 4.90 Å². The second-order valence-electron chi connectivity index (χ2n) is 5.89. The number of amides is 1. The largest absolute Gasteiger partial charge is 0.326 e. The minimum Gasteiger partial charge on any atom is -0.326 e. The Hall–Kier alpha value is -2.22. The van der Waals surface area contributed by atoms with Gasteiger partial charge >= 0.3 is 0 Å². The van der Waals surface area contributed by atoms with Gasteiger partial charge in [0.1, 0.15) is 5.02 Å². The zero-order valence-electron chi connectivity index (χ0n) is 13.4. The van der Waals surface area contributed by atoms with Crippen LogP contribution in [0.2, 0.25) is 5.02 Å². The van der Waals surface area contributed by atoms with Gasteiger partial charge in [-0.3, -0.25) is 14.9 Å². The number of nitro benzene ring substituents is 1. The Kier molecular flexibility index (Phi) is 4.52. The number of carbonyl (C=O) groups is 1. The Morgan fingerprint density at radius 1 is 1.23 bits per heavy atom. The molecule has 0 N–H and O–H groups in total. The first-order valence-electron chi connectivity index (χ1n) is 7.91. The van der Waals surface area contributed by atoms with Crippen LogP contribution in [0.5, 0.6) is 0 Å². The molecule has 0 radical (unpaired) electrons. The number of nitrogens with zero attached hydrogens (tertiary/aromatic N) is 2. The predicted molar refractivity (Wildman–Crippen MR) is 103 cm³/mol. The molecule has 132 valence electrons. The van der Waals surface area contributed by atoms with Crippen molar-refractivity contribution in [3.05, 3.63) is 83.2 Å². The van der Waals surface area contributed by atoms with Crippen molar-refractivity contribution in [2.24, 2.45) is 0 Å². The summed E-state index contributed by atoms with van der Waals surface area (Å²) in [5.74, 6) is -0.222. The molecule has 26 heavy (non-hydrogen) atoms. The van der Waals surface area contributed by atoms with Crippen LogP contribution in [-0.2, 0) is 6.42 Å². The van der Waals surface area contributed by atoms with E-state index in [1.807, 2.05) is 22.9 Å². The highest BCUT2D eigenvalue weighted by molar-refractivity contribution is 7.10. The molecule has 1 aliphatic heterocycles. The third-order valence-corrected chi connectivity index (χ3v) is 6.67. The van der Waals surface area contributed by atoms with Crippen molar-refractivity contribution in [2.75, 3.05) is 6.54 Å². The normalized spacial score (nSPS) is 16.3. The highest BCUT2D eigenvalue weighted by Gasteiger charge is 2.34. The summed E-state index contributed by atoms with van der Waals surface area (Å²) in [6.45, 7) is 0.575. The van der Waals surface area contributed by atoms with Gasteiger partial charge in [0.15, 0.2) is 0 Å². The number of fused-ring (bicyclic) bond motifs is 1. The Bertz CT molecular complexity index is 984. The number of benzene rings is 1. The lowest BCUT2D eigenvalue weighted by Gasteiger charge is -2.35. The van der Waals surface area contributed by atoms with Crippen LogP contribution in [0.15, 0.2) is 47.2 Å². The van der Waals surface area contributed by atoms with Crippen molar-refractivity contribution >= 4 is 45.9 Å². The highest BCUT2D eigenvalue weighted by atomic mass is 35.5. The molecule has 4 rings (SSSR count). The number of hydrogen-bond acceptors (Lipinski definition) is 5. The Balaban J connectivity index is 1.76. The first kappa shape index (κ1) is 17.2. The SMILES string of the molecule is O=C(c1ccc(Cl)c([N+](=O)[O-])c1)N1CCc2sccc2C1c1cccs1. The first-order valence-corrected chi connectivity index (χ1v) is 10.0. The van der Waals surface area contributed by atoms with E-state index in [2.05, 4.69) is 6.07 Å². The van der Waals surface area contributed by atoms with Crippen molar-refractivity contribution in [1.29, 1.82) is 0 Å². The van der Waals surface area contributed by atoms with Crippen LogP contribution in [0.4, 0.5) is 5.69 Å². The Morgan fingerprint density at radius 2 is 2.08 bits per heavy atom. The molecular formula is C18H13ClN2O3S2. The van der Waals surface area contributed by atoms with Crippen LogP contribution in [0.3, 0.4) is 0 Å². The van der Waals surface area contributed by atoms with E-state index in [1.54, 1.807) is 33.6 Å². The smallest absolute Gasteiger partial charge is 0.288 e. The third kappa shape index (κ3) is 2.92. The van der Waals surface area contributed by atoms with Gasteiger partial charge in [-0.05, 0) is 47.0 Å². The molecule has 0 fully saturated rings. The van der Waals surface area contributed by atoms with E-state index in [1.165, 1.54) is 17.0 Å². The molecule has 2 aromatic heterocycles. The lowest BCUT2D eigenvalue weighted by atomic mass is 9.97. The van der Waals surface area contributed by atoms with Gasteiger partial charge in [0.25, 0.3) is 11.6 Å². The molecule has 3 heterocycles. The summed E-state index contributed by atoms with van der Waals surface area (Å²) in [4.78, 5) is 27.9. The second kappa shape index (κ2) is 6.83. The summed E-state index contributed by atoms with van der Waals surface area (Å²) in [7, 11) is 0. The third-order valence-electron chi connectivity index (χ3n) is 4.43. The van der Waals surface area contributed by atoms with Gasteiger partial charge in [0, 0.05) is 27.9 Å². The summed E-state index contributed by atoms with van der Waals surface area (Å²) >= 11 is 9.19. The van der Waals surface area contributed by atoms with Crippen molar-refractivity contribution in [3.8, 4) is 0 Å². The molecule has 5 nitrogen and oxygen atoms in total. The molecule has 1 aromatic carbocycles. The van der Waals surface area contributed by atoms with E-state index in [0.29, 0.717) is 6.54 Å². The lowest BCUT2D eigenvalue weighted by Crippen LogP contribution is -2.39. The van der Waals surface area contributed by atoms with Gasteiger partial charge in [-0.1, -0.05) is 17.7 Å². The molecule has 1 aliphatic rings. The van der Waals surface area contributed by atoms with Crippen LogP contribution < -0.4 is 0 Å². The zero-order valence-corrected chi connectivity index (χ0v) is 15.8. The summed E-state index contributed by atoms with van der Waals surface area (Å²) < 4.78 is 0. The molecule has 1 amide bonds. The van der Waals surface area contributed by atoms with Crippen molar-refractivity contribution in [3.63, 3.8) is 0 Å². The fraction of sp³-hybridized carbons (Fsp3) is 0.167. The molecule has 8 heteroatoms. The fourth-order valence-corrected chi connectivity index (χ4v) is 5.19. The van der Waals surface area contributed by atoms with E-state index in [9.17, 15) is 14.9 Å². The lowest BCUT2D eigenvalue weighted by molar-refractivity contribution is -0.384. The van der Waals surface area contributed by atoms with Gasteiger partial charge in [0.2, 0.25) is 0 Å². The van der Waals surface area contributed by atoms with Gasteiger partial charge in [-0.2, -0.15) is 0 Å². The molecule has 0 bridgehead atoms. The number of carbonyl (C=O) groups excluding carboxylic acids is 1. The number of thiophene rings is 2. The molecular weight excluding hydrogens is 392 g/mol. The molecule has 3 aromatic rings. The second-order valence-corrected chi connectivity index (χ2v) is 8.28. The van der Waals surface area contributed by atoms with Crippen LogP contribution in [-0.4, -0.2) is 22.3 Å². The minimum absolute atomic E-state index is 0.0279. The van der Waals surface area contributed by atoms with Gasteiger partial charge in [-0.15, -0.1) is 22.7 Å². The summed E-state index contributed by atoms with van der Waals surface area (Å²) in [5.41, 5.74) is 1.17. The van der Waals surface area contributed by atoms with Crippen LogP contribution in [0.1, 0.15) is 31.7 Å². The highest BCUT2D eigenvalue weighted by Crippen LogP contribution is 2.40. The molecule has 0 saturated heterocycles. The van der Waals surface area contributed by atoms with Crippen LogP contribution >= 0.6 is 34.3 Å². The number of rotatable bonds is 3. The summed E-state index contributed by atoms with van der Waals surface area (Å²) in [5, 5.41) is 15.2. The Labute approximate surface area is 162 Å². The summed E-state index contributed by atoms with van der Waals surface area (Å²) in [6.07, 6.45) is 0.788. The molecule has 0 aliphatic carbocycles. The monoisotopic (exact) mass is 404 g/mol. The van der Waals surface area contributed by atoms with E-state index in [0.717, 1.165) is 16.9 Å². The molecule has 0 spiro atoms. The van der Waals surface area contributed by atoms with Gasteiger partial charge in [0.05, 0.1) is 11.0 Å². The summed E-state index contributed by atoms with van der Waals surface area (Å²) in [6, 6.07) is 10.1. The maximum atomic E-state index is 13.2. The van der Waals surface area contributed by atoms with Crippen molar-refractivity contribution in [1.82, 2.24) is 4.90 Å². The van der Waals surface area contributed by atoms with E-state index in [-0.39, 0.29) is 28.2 Å². The topological polar surface area (TPSA) is 63.4 Å². The van der Waals surface area contributed by atoms with E-state index < -0.39 is 4.92 Å². The number of nitro groups is 1. The number of hydrogen-bond donors (Lipinski definition) is 0. The minimum atomic E-state index is -0.566. The maximum Gasteiger partial charge on any atom is 0.288 e. The average Bonchev–Trinajstić information content (AvgIpc) is 3.32. The van der Waals surface area contributed by atoms with Crippen molar-refractivity contribution < 1.29 is 9.72 Å². The van der Waals surface area contributed by atoms with E-state index in [4.69, 9.17) is 11.6 Å². The van der Waals surface area contributed by atoms with E-state index >= 15 is 0 Å².